The van der Waals surface area contributed by atoms with Crippen molar-refractivity contribution in [2.24, 2.45) is 23.7 Å². The van der Waals surface area contributed by atoms with Crippen LogP contribution < -0.4 is 5.32 Å². The molecule has 7 heteroatoms. The lowest BCUT2D eigenvalue weighted by Gasteiger charge is -2.24. The number of hydrogen-bond acceptors (Lipinski definition) is 3. The lowest BCUT2D eigenvalue weighted by atomic mass is 9.85. The van der Waals surface area contributed by atoms with Crippen molar-refractivity contribution in [3.8, 4) is 0 Å². The molecule has 1 saturated carbocycles. The Hall–Kier alpha value is -1.66. The Balaban J connectivity index is 1.54. The van der Waals surface area contributed by atoms with Crippen LogP contribution in [0.5, 0.6) is 0 Å². The van der Waals surface area contributed by atoms with Crippen LogP contribution in [0.25, 0.3) is 0 Å². The van der Waals surface area contributed by atoms with Crippen LogP contribution in [0.2, 0.25) is 5.02 Å². The van der Waals surface area contributed by atoms with Gasteiger partial charge in [-0.2, -0.15) is 0 Å². The highest BCUT2D eigenvalue weighted by atomic mass is 79.9. The van der Waals surface area contributed by atoms with E-state index in [0.29, 0.717) is 10.7 Å². The Kier molecular flexibility index (Phi) is 4.23. The average Bonchev–Trinajstić information content (AvgIpc) is 3.26. The molecule has 2 bridgehead atoms. The molecule has 0 aromatic heterocycles. The number of hydrogen-bond donors (Lipinski definition) is 1. The number of fused-ring (bicyclic) bond motifs is 5. The van der Waals surface area contributed by atoms with E-state index in [1.54, 1.807) is 13.0 Å². The molecule has 3 aliphatic rings. The van der Waals surface area contributed by atoms with Crippen LogP contribution in [-0.2, 0) is 14.4 Å². The molecule has 0 radical (unpaired) electrons. The molecular formula is C19H18BrClN2O3. The summed E-state index contributed by atoms with van der Waals surface area (Å²) in [5.41, 5.74) is 1.40. The number of carbonyl (C=O) groups excluding carboxylic acids is 3. The Labute approximate surface area is 164 Å². The van der Waals surface area contributed by atoms with Crippen LogP contribution in [0, 0.1) is 30.6 Å². The van der Waals surface area contributed by atoms with Gasteiger partial charge in [0.1, 0.15) is 6.04 Å². The second kappa shape index (κ2) is 6.20. The first-order valence-corrected chi connectivity index (χ1v) is 9.78. The number of amides is 3. The van der Waals surface area contributed by atoms with Gasteiger partial charge in [-0.1, -0.05) is 23.8 Å². The minimum atomic E-state index is -0.859. The Morgan fingerprint density at radius 1 is 1.23 bits per heavy atom. The summed E-state index contributed by atoms with van der Waals surface area (Å²) in [5, 5.41) is 3.27. The van der Waals surface area contributed by atoms with Crippen LogP contribution in [0.4, 0.5) is 5.69 Å². The molecule has 136 valence electrons. The van der Waals surface area contributed by atoms with E-state index < -0.39 is 11.9 Å². The molecule has 1 aromatic rings. The Morgan fingerprint density at radius 2 is 1.81 bits per heavy atom. The molecule has 5 nitrogen and oxygen atoms in total. The second-order valence-corrected chi connectivity index (χ2v) is 8.55. The summed E-state index contributed by atoms with van der Waals surface area (Å²) >= 11 is 9.44. The molecule has 26 heavy (non-hydrogen) atoms. The lowest BCUT2D eigenvalue weighted by molar-refractivity contribution is -0.146. The molecule has 2 fully saturated rings. The van der Waals surface area contributed by atoms with E-state index in [2.05, 4.69) is 21.2 Å². The van der Waals surface area contributed by atoms with Crippen LogP contribution >= 0.6 is 27.5 Å². The van der Waals surface area contributed by atoms with Crippen molar-refractivity contribution in [2.45, 2.75) is 26.3 Å². The van der Waals surface area contributed by atoms with Gasteiger partial charge in [0.25, 0.3) is 0 Å². The van der Waals surface area contributed by atoms with E-state index in [4.69, 9.17) is 11.6 Å². The van der Waals surface area contributed by atoms with Crippen LogP contribution in [-0.4, -0.2) is 28.7 Å². The number of benzene rings is 1. The second-order valence-electron chi connectivity index (χ2n) is 7.29. The SMILES string of the molecule is Cc1cc(Br)c(Cl)cc1NC(=O)[C@H](C)N1C(=O)[C@H]2[C@H](C1=O)[C@H]1C=C[C@H]2C1. The predicted molar refractivity (Wildman–Crippen MR) is 102 cm³/mol. The minimum Gasteiger partial charge on any atom is -0.324 e. The molecule has 3 amide bonds. The van der Waals surface area contributed by atoms with Crippen LogP contribution in [0.1, 0.15) is 18.9 Å². The van der Waals surface area contributed by atoms with Gasteiger partial charge in [-0.25, -0.2) is 0 Å². The smallest absolute Gasteiger partial charge is 0.247 e. The van der Waals surface area contributed by atoms with Crippen molar-refractivity contribution in [3.05, 3.63) is 39.3 Å². The lowest BCUT2D eigenvalue weighted by Crippen LogP contribution is -2.46. The van der Waals surface area contributed by atoms with Gasteiger partial charge in [-0.3, -0.25) is 19.3 Å². The fourth-order valence-electron chi connectivity index (χ4n) is 4.44. The van der Waals surface area contributed by atoms with Crippen molar-refractivity contribution >= 4 is 50.9 Å². The van der Waals surface area contributed by atoms with E-state index in [1.165, 1.54) is 0 Å². The largest absolute Gasteiger partial charge is 0.324 e. The third kappa shape index (κ3) is 2.54. The number of imide groups is 1. The fraction of sp³-hybridized carbons (Fsp3) is 0.421. The van der Waals surface area contributed by atoms with E-state index in [1.807, 2.05) is 25.1 Å². The van der Waals surface area contributed by atoms with E-state index >= 15 is 0 Å². The summed E-state index contributed by atoms with van der Waals surface area (Å²) in [6.07, 6.45) is 4.95. The minimum absolute atomic E-state index is 0.134. The monoisotopic (exact) mass is 436 g/mol. The van der Waals surface area contributed by atoms with Gasteiger partial charge in [0, 0.05) is 10.2 Å². The first-order valence-electron chi connectivity index (χ1n) is 8.61. The number of likely N-dealkylation sites (tertiary alicyclic amines) is 1. The highest BCUT2D eigenvalue weighted by molar-refractivity contribution is 9.10. The third-order valence-electron chi connectivity index (χ3n) is 5.80. The summed E-state index contributed by atoms with van der Waals surface area (Å²) in [4.78, 5) is 39.5. The Morgan fingerprint density at radius 3 is 2.38 bits per heavy atom. The molecule has 1 aliphatic heterocycles. The topological polar surface area (TPSA) is 66.5 Å². The van der Waals surface area contributed by atoms with Gasteiger partial charge in [-0.15, -0.1) is 0 Å². The van der Waals surface area contributed by atoms with Gasteiger partial charge in [0.15, 0.2) is 0 Å². The number of allylic oxidation sites excluding steroid dienone is 2. The zero-order chi connectivity index (χ0) is 18.7. The predicted octanol–water partition coefficient (Wildman–Crippen LogP) is 3.55. The number of rotatable bonds is 3. The molecule has 0 unspecified atom stereocenters. The molecule has 0 spiro atoms. The van der Waals surface area contributed by atoms with E-state index in [-0.39, 0.29) is 35.5 Å². The highest BCUT2D eigenvalue weighted by Crippen LogP contribution is 2.52. The van der Waals surface area contributed by atoms with Gasteiger partial charge >= 0.3 is 0 Å². The number of nitrogens with zero attached hydrogens (tertiary/aromatic N) is 1. The molecule has 1 aromatic carbocycles. The molecule has 2 aliphatic carbocycles. The zero-order valence-corrected chi connectivity index (χ0v) is 16.7. The number of halogens is 2. The van der Waals surface area contributed by atoms with E-state index in [9.17, 15) is 14.4 Å². The summed E-state index contributed by atoms with van der Waals surface area (Å²) in [6.45, 7) is 3.44. The zero-order valence-electron chi connectivity index (χ0n) is 14.3. The molecule has 1 heterocycles. The van der Waals surface area contributed by atoms with Crippen molar-refractivity contribution in [1.82, 2.24) is 4.90 Å². The molecule has 1 N–H and O–H groups in total. The standard InChI is InChI=1S/C19H18BrClN2O3/c1-8-5-12(20)13(21)7-14(8)22-17(24)9(2)23-18(25)15-10-3-4-11(6-10)16(15)19(23)26/h3-5,7,9-11,15-16H,6H2,1-2H3,(H,22,24)/t9-,10-,11-,15+,16+/m0/s1. The first kappa shape index (κ1) is 17.7. The fourth-order valence-corrected chi connectivity index (χ4v) is 5.06. The first-order chi connectivity index (χ1) is 12.3. The number of aryl methyl sites for hydroxylation is 1. The molecular weight excluding hydrogens is 420 g/mol. The van der Waals surface area contributed by atoms with Crippen molar-refractivity contribution < 1.29 is 14.4 Å². The number of nitrogens with one attached hydrogen (secondary N) is 1. The van der Waals surface area contributed by atoms with Gasteiger partial charge in [0.05, 0.1) is 16.9 Å². The molecule has 1 saturated heterocycles. The van der Waals surface area contributed by atoms with Gasteiger partial charge < -0.3 is 5.32 Å². The number of carbonyl (C=O) groups is 3. The summed E-state index contributed by atoms with van der Waals surface area (Å²) in [5.74, 6) is -1.15. The van der Waals surface area contributed by atoms with Gasteiger partial charge in [-0.05, 0) is 65.7 Å². The Bertz CT molecular complexity index is 839. The average molecular weight is 438 g/mol. The summed E-state index contributed by atoms with van der Waals surface area (Å²) < 4.78 is 0.739. The molecule has 4 rings (SSSR count). The maximum absolute atomic E-state index is 12.8. The maximum atomic E-state index is 12.8. The van der Waals surface area contributed by atoms with Gasteiger partial charge in [0.2, 0.25) is 17.7 Å². The quantitative estimate of drug-likeness (QED) is 0.581. The maximum Gasteiger partial charge on any atom is 0.247 e. The van der Waals surface area contributed by atoms with Crippen LogP contribution in [0.15, 0.2) is 28.8 Å². The van der Waals surface area contributed by atoms with Crippen molar-refractivity contribution in [2.75, 3.05) is 5.32 Å². The van der Waals surface area contributed by atoms with Crippen molar-refractivity contribution in [3.63, 3.8) is 0 Å². The van der Waals surface area contributed by atoms with Crippen molar-refractivity contribution in [1.29, 1.82) is 0 Å². The summed E-state index contributed by atoms with van der Waals surface area (Å²) in [7, 11) is 0. The molecule has 5 atom stereocenters. The third-order valence-corrected chi connectivity index (χ3v) is 6.99. The number of anilines is 1. The summed E-state index contributed by atoms with van der Waals surface area (Å²) in [6, 6.07) is 2.60. The van der Waals surface area contributed by atoms with Crippen LogP contribution in [0.3, 0.4) is 0 Å². The van der Waals surface area contributed by atoms with E-state index in [0.717, 1.165) is 21.4 Å². The highest BCUT2D eigenvalue weighted by Gasteiger charge is 2.60. The normalized spacial score (nSPS) is 30.1.